The van der Waals surface area contributed by atoms with Gasteiger partial charge in [-0.2, -0.15) is 0 Å². The maximum Gasteiger partial charge on any atom is 0.248 e. The third-order valence-electron chi connectivity index (χ3n) is 4.18. The quantitative estimate of drug-likeness (QED) is 0.645. The monoisotopic (exact) mass is 349 g/mol. The summed E-state index contributed by atoms with van der Waals surface area (Å²) in [6, 6.07) is 15.4. The van der Waals surface area contributed by atoms with Crippen molar-refractivity contribution in [2.45, 2.75) is 20.4 Å². The number of oxazole rings is 1. The first kappa shape index (κ1) is 17.9. The van der Waals surface area contributed by atoms with Crippen molar-refractivity contribution >= 4 is 28.8 Å². The molecule has 0 fully saturated rings. The molecule has 0 radical (unpaired) electrons. The molecule has 1 aromatic heterocycles. The van der Waals surface area contributed by atoms with E-state index < -0.39 is 0 Å². The topological polar surface area (TPSA) is 58.4 Å². The summed E-state index contributed by atoms with van der Waals surface area (Å²) < 4.78 is 5.57. The van der Waals surface area contributed by atoms with Crippen molar-refractivity contribution in [2.24, 2.45) is 0 Å². The van der Waals surface area contributed by atoms with Gasteiger partial charge in [0.05, 0.1) is 0 Å². The van der Waals surface area contributed by atoms with Gasteiger partial charge in [-0.05, 0) is 42.9 Å². The molecule has 0 saturated heterocycles. The Morgan fingerprint density at radius 2 is 1.96 bits per heavy atom. The lowest BCUT2D eigenvalue weighted by Crippen LogP contribution is -2.22. The summed E-state index contributed by atoms with van der Waals surface area (Å²) in [5, 5.41) is 2.88. The molecule has 0 saturated carbocycles. The zero-order valence-corrected chi connectivity index (χ0v) is 15.1. The number of hydrogen-bond acceptors (Lipinski definition) is 4. The van der Waals surface area contributed by atoms with Crippen LogP contribution in [0.3, 0.4) is 0 Å². The fraction of sp³-hybridized carbons (Fsp3) is 0.238. The Kier molecular flexibility index (Phi) is 5.81. The summed E-state index contributed by atoms with van der Waals surface area (Å²) in [6.45, 7) is 7.16. The summed E-state index contributed by atoms with van der Waals surface area (Å²) in [5.41, 5.74) is 3.43. The molecule has 0 aliphatic rings. The molecule has 1 N–H and O–H groups in total. The Labute approximate surface area is 153 Å². The minimum Gasteiger partial charge on any atom is -0.437 e. The van der Waals surface area contributed by atoms with Crippen LogP contribution < -0.4 is 5.32 Å². The molecular weight excluding hydrogens is 326 g/mol. The molecule has 5 nitrogen and oxygen atoms in total. The van der Waals surface area contributed by atoms with Crippen LogP contribution in [0.1, 0.15) is 25.3 Å². The van der Waals surface area contributed by atoms with E-state index in [-0.39, 0.29) is 5.91 Å². The number of carbonyl (C=O) groups is 1. The second-order valence-electron chi connectivity index (χ2n) is 6.00. The second kappa shape index (κ2) is 8.45. The van der Waals surface area contributed by atoms with Gasteiger partial charge >= 0.3 is 0 Å². The van der Waals surface area contributed by atoms with Crippen molar-refractivity contribution in [2.75, 3.05) is 18.4 Å². The normalized spacial score (nSPS) is 11.5. The van der Waals surface area contributed by atoms with Crippen LogP contribution in [0.4, 0.5) is 5.69 Å². The first-order valence-corrected chi connectivity index (χ1v) is 8.84. The number of fused-ring (bicyclic) bond motifs is 1. The van der Waals surface area contributed by atoms with Crippen LogP contribution in [-0.2, 0) is 11.3 Å². The number of nitrogens with zero attached hydrogens (tertiary/aromatic N) is 2. The Balaban J connectivity index is 1.64. The molecular formula is C21H23N3O2. The molecule has 5 heteroatoms. The third-order valence-corrected chi connectivity index (χ3v) is 4.18. The highest BCUT2D eigenvalue weighted by molar-refractivity contribution is 6.01. The molecule has 3 aromatic rings. The summed E-state index contributed by atoms with van der Waals surface area (Å²) in [5.74, 6) is 0.198. The van der Waals surface area contributed by atoms with Crippen molar-refractivity contribution < 1.29 is 9.21 Å². The van der Waals surface area contributed by atoms with Gasteiger partial charge in [-0.3, -0.25) is 9.69 Å². The van der Waals surface area contributed by atoms with Crippen molar-refractivity contribution in [1.82, 2.24) is 9.88 Å². The van der Waals surface area contributed by atoms with Gasteiger partial charge in [0.2, 0.25) is 11.8 Å². The fourth-order valence-electron chi connectivity index (χ4n) is 2.75. The summed E-state index contributed by atoms with van der Waals surface area (Å²) >= 11 is 0. The number of hydrogen-bond donors (Lipinski definition) is 1. The highest BCUT2D eigenvalue weighted by Crippen LogP contribution is 2.16. The number of rotatable bonds is 7. The van der Waals surface area contributed by atoms with Crippen molar-refractivity contribution in [1.29, 1.82) is 0 Å². The molecule has 3 rings (SSSR count). The largest absolute Gasteiger partial charge is 0.437 e. The zero-order valence-electron chi connectivity index (χ0n) is 15.1. The van der Waals surface area contributed by atoms with E-state index in [4.69, 9.17) is 4.42 Å². The molecule has 0 aliphatic heterocycles. The fourth-order valence-corrected chi connectivity index (χ4v) is 2.75. The molecule has 26 heavy (non-hydrogen) atoms. The second-order valence-corrected chi connectivity index (χ2v) is 6.00. The number of carbonyl (C=O) groups excluding carboxylic acids is 1. The predicted molar refractivity (Wildman–Crippen MR) is 105 cm³/mol. The molecule has 0 atom stereocenters. The van der Waals surface area contributed by atoms with Gasteiger partial charge in [0.15, 0.2) is 5.58 Å². The van der Waals surface area contributed by atoms with Gasteiger partial charge < -0.3 is 9.73 Å². The van der Waals surface area contributed by atoms with E-state index in [1.165, 1.54) is 11.6 Å². The SMILES string of the molecule is CCN(CC)Cc1cccc(NC(=O)/C=C/c2nc3ccccc3o2)c1. The number of nitrogens with one attached hydrogen (secondary N) is 1. The van der Waals surface area contributed by atoms with Crippen LogP contribution in [0.2, 0.25) is 0 Å². The van der Waals surface area contributed by atoms with Gasteiger partial charge in [-0.25, -0.2) is 4.98 Å². The Morgan fingerprint density at radius 3 is 2.73 bits per heavy atom. The first-order chi connectivity index (χ1) is 12.7. The number of benzene rings is 2. The highest BCUT2D eigenvalue weighted by Gasteiger charge is 2.05. The number of amides is 1. The van der Waals surface area contributed by atoms with E-state index in [0.29, 0.717) is 11.5 Å². The van der Waals surface area contributed by atoms with E-state index in [1.54, 1.807) is 6.08 Å². The molecule has 0 bridgehead atoms. The highest BCUT2D eigenvalue weighted by atomic mass is 16.3. The van der Waals surface area contributed by atoms with Gasteiger partial charge in [0.1, 0.15) is 5.52 Å². The Bertz CT molecular complexity index is 877. The maximum atomic E-state index is 12.2. The van der Waals surface area contributed by atoms with E-state index in [1.807, 2.05) is 42.5 Å². The number of para-hydroxylation sites is 2. The molecule has 134 valence electrons. The standard InChI is InChI=1S/C21H23N3O2/c1-3-24(4-2)15-16-8-7-9-17(14-16)22-20(25)12-13-21-23-18-10-5-6-11-19(18)26-21/h5-14H,3-4,15H2,1-2H3,(H,22,25)/b13-12+. The van der Waals surface area contributed by atoms with Crippen molar-refractivity contribution in [3.63, 3.8) is 0 Å². The van der Waals surface area contributed by atoms with Crippen LogP contribution in [0, 0.1) is 0 Å². The van der Waals surface area contributed by atoms with Crippen LogP contribution in [0.5, 0.6) is 0 Å². The molecule has 0 unspecified atom stereocenters. The van der Waals surface area contributed by atoms with E-state index in [0.717, 1.165) is 30.8 Å². The van der Waals surface area contributed by atoms with E-state index in [9.17, 15) is 4.79 Å². The molecule has 1 amide bonds. The minimum atomic E-state index is -0.216. The zero-order chi connectivity index (χ0) is 18.4. The lowest BCUT2D eigenvalue weighted by molar-refractivity contribution is -0.111. The van der Waals surface area contributed by atoms with Gasteiger partial charge in [0, 0.05) is 24.4 Å². The van der Waals surface area contributed by atoms with Gasteiger partial charge in [-0.15, -0.1) is 0 Å². The number of anilines is 1. The van der Waals surface area contributed by atoms with Crippen LogP contribution >= 0.6 is 0 Å². The molecule has 0 spiro atoms. The van der Waals surface area contributed by atoms with E-state index >= 15 is 0 Å². The lowest BCUT2D eigenvalue weighted by Gasteiger charge is -2.18. The predicted octanol–water partition coefficient (Wildman–Crippen LogP) is 4.32. The average Bonchev–Trinajstić information content (AvgIpc) is 3.08. The van der Waals surface area contributed by atoms with E-state index in [2.05, 4.69) is 35.1 Å². The Hall–Kier alpha value is -2.92. The summed E-state index contributed by atoms with van der Waals surface area (Å²) in [7, 11) is 0. The molecule has 1 heterocycles. The van der Waals surface area contributed by atoms with Crippen LogP contribution in [-0.4, -0.2) is 28.9 Å². The van der Waals surface area contributed by atoms with Crippen molar-refractivity contribution in [3.8, 4) is 0 Å². The Morgan fingerprint density at radius 1 is 1.15 bits per heavy atom. The van der Waals surface area contributed by atoms with Crippen LogP contribution in [0.25, 0.3) is 17.2 Å². The summed E-state index contributed by atoms with van der Waals surface area (Å²) in [6.07, 6.45) is 3.01. The minimum absolute atomic E-state index is 0.216. The smallest absolute Gasteiger partial charge is 0.248 e. The summed E-state index contributed by atoms with van der Waals surface area (Å²) in [4.78, 5) is 18.8. The van der Waals surface area contributed by atoms with Crippen LogP contribution in [0.15, 0.2) is 59.0 Å². The van der Waals surface area contributed by atoms with Crippen molar-refractivity contribution in [3.05, 3.63) is 66.1 Å². The number of aromatic nitrogens is 1. The third kappa shape index (κ3) is 4.58. The first-order valence-electron chi connectivity index (χ1n) is 8.84. The van der Waals surface area contributed by atoms with Gasteiger partial charge in [0.25, 0.3) is 0 Å². The van der Waals surface area contributed by atoms with Gasteiger partial charge in [-0.1, -0.05) is 38.1 Å². The molecule has 0 aliphatic carbocycles. The maximum absolute atomic E-state index is 12.2. The average molecular weight is 349 g/mol. The molecule has 2 aromatic carbocycles. The lowest BCUT2D eigenvalue weighted by atomic mass is 10.2.